The number of carbonyl (C=O) groups excluding carboxylic acids is 2. The molecule has 0 radical (unpaired) electrons. The molecule has 0 spiro atoms. The highest BCUT2D eigenvalue weighted by Crippen LogP contribution is 2.24. The van der Waals surface area contributed by atoms with Gasteiger partial charge in [0.25, 0.3) is 5.91 Å². The predicted molar refractivity (Wildman–Crippen MR) is 115 cm³/mol. The highest BCUT2D eigenvalue weighted by atomic mass is 16.5. The molecule has 1 fully saturated rings. The van der Waals surface area contributed by atoms with Crippen molar-refractivity contribution in [2.75, 3.05) is 36.9 Å². The average molecular weight is 396 g/mol. The van der Waals surface area contributed by atoms with Crippen LogP contribution in [0.4, 0.5) is 11.4 Å². The largest absolute Gasteiger partial charge is 0.491 e. The van der Waals surface area contributed by atoms with Crippen LogP contribution in [-0.4, -0.2) is 43.0 Å². The van der Waals surface area contributed by atoms with Crippen LogP contribution in [-0.2, 0) is 4.79 Å². The van der Waals surface area contributed by atoms with E-state index in [-0.39, 0.29) is 18.4 Å². The summed E-state index contributed by atoms with van der Waals surface area (Å²) in [6.07, 6.45) is 2.12. The van der Waals surface area contributed by atoms with Crippen molar-refractivity contribution >= 4 is 23.2 Å². The topological polar surface area (TPSA) is 70.7 Å². The van der Waals surface area contributed by atoms with Crippen LogP contribution in [0.1, 0.15) is 37.0 Å². The van der Waals surface area contributed by atoms with Crippen LogP contribution in [0.15, 0.2) is 48.5 Å². The Kier molecular flexibility index (Phi) is 7.11. The van der Waals surface area contributed by atoms with Crippen LogP contribution in [0.25, 0.3) is 0 Å². The fourth-order valence-electron chi connectivity index (χ4n) is 3.19. The first-order valence-electron chi connectivity index (χ1n) is 10.2. The maximum atomic E-state index is 12.5. The number of anilines is 2. The first-order valence-corrected chi connectivity index (χ1v) is 10.2. The number of para-hydroxylation sites is 2. The summed E-state index contributed by atoms with van der Waals surface area (Å²) >= 11 is 0. The number of hydrogen-bond donors (Lipinski definition) is 2. The minimum Gasteiger partial charge on any atom is -0.491 e. The van der Waals surface area contributed by atoms with E-state index in [1.807, 2.05) is 47.4 Å². The molecule has 2 aromatic rings. The van der Waals surface area contributed by atoms with E-state index in [1.54, 1.807) is 6.07 Å². The first-order chi connectivity index (χ1) is 14.0. The maximum Gasteiger partial charge on any atom is 0.253 e. The van der Waals surface area contributed by atoms with Gasteiger partial charge in [0, 0.05) is 24.3 Å². The molecule has 2 N–H and O–H groups in total. The lowest BCUT2D eigenvalue weighted by Gasteiger charge is -2.16. The summed E-state index contributed by atoms with van der Waals surface area (Å²) in [6, 6.07) is 14.7. The van der Waals surface area contributed by atoms with E-state index >= 15 is 0 Å². The highest BCUT2D eigenvalue weighted by molar-refractivity contribution is 5.96. The van der Waals surface area contributed by atoms with Gasteiger partial charge in [0.05, 0.1) is 18.8 Å². The van der Waals surface area contributed by atoms with E-state index in [1.165, 1.54) is 0 Å². The summed E-state index contributed by atoms with van der Waals surface area (Å²) in [5, 5.41) is 5.98. The third-order valence-electron chi connectivity index (χ3n) is 4.69. The molecular formula is C23H29N3O3. The van der Waals surface area contributed by atoms with Gasteiger partial charge in [0.2, 0.25) is 5.91 Å². The van der Waals surface area contributed by atoms with Crippen molar-refractivity contribution in [2.45, 2.75) is 26.7 Å². The van der Waals surface area contributed by atoms with Crippen molar-refractivity contribution in [1.82, 2.24) is 4.90 Å². The Bertz CT molecular complexity index is 845. The van der Waals surface area contributed by atoms with Gasteiger partial charge < -0.3 is 20.3 Å². The number of likely N-dealkylation sites (tertiary alicyclic amines) is 1. The molecule has 6 nitrogen and oxygen atoms in total. The average Bonchev–Trinajstić information content (AvgIpc) is 3.26. The molecule has 0 saturated carbocycles. The SMILES string of the molecule is CC(C)COc1ccccc1NC(=O)CNc1cccc(C(=O)N2CCCC2)c1. The van der Waals surface area contributed by atoms with Crippen LogP contribution >= 0.6 is 0 Å². The Morgan fingerprint density at radius 2 is 1.83 bits per heavy atom. The molecule has 2 amide bonds. The van der Waals surface area contributed by atoms with E-state index in [9.17, 15) is 9.59 Å². The summed E-state index contributed by atoms with van der Waals surface area (Å²) in [5.41, 5.74) is 2.04. The summed E-state index contributed by atoms with van der Waals surface area (Å²) < 4.78 is 5.78. The lowest BCUT2D eigenvalue weighted by atomic mass is 10.1. The molecule has 1 saturated heterocycles. The molecule has 1 aliphatic heterocycles. The molecule has 3 rings (SSSR count). The van der Waals surface area contributed by atoms with Crippen molar-refractivity contribution in [3.8, 4) is 5.75 Å². The number of benzene rings is 2. The molecule has 0 aromatic heterocycles. The molecule has 29 heavy (non-hydrogen) atoms. The lowest BCUT2D eigenvalue weighted by molar-refractivity contribution is -0.114. The molecule has 0 bridgehead atoms. The Morgan fingerprint density at radius 1 is 1.07 bits per heavy atom. The predicted octanol–water partition coefficient (Wildman–Crippen LogP) is 4.01. The third-order valence-corrected chi connectivity index (χ3v) is 4.69. The Hall–Kier alpha value is -3.02. The van der Waals surface area contributed by atoms with Crippen molar-refractivity contribution in [2.24, 2.45) is 5.92 Å². The third kappa shape index (κ3) is 5.98. The van der Waals surface area contributed by atoms with Gasteiger partial charge in [-0.3, -0.25) is 9.59 Å². The van der Waals surface area contributed by atoms with Crippen LogP contribution in [0.3, 0.4) is 0 Å². The van der Waals surface area contributed by atoms with E-state index in [4.69, 9.17) is 4.74 Å². The normalized spacial score (nSPS) is 13.4. The van der Waals surface area contributed by atoms with Gasteiger partial charge in [-0.25, -0.2) is 0 Å². The molecular weight excluding hydrogens is 366 g/mol. The minimum absolute atomic E-state index is 0.0480. The van der Waals surface area contributed by atoms with Crippen molar-refractivity contribution in [3.63, 3.8) is 0 Å². The van der Waals surface area contributed by atoms with Gasteiger partial charge >= 0.3 is 0 Å². The monoisotopic (exact) mass is 395 g/mol. The number of nitrogens with zero attached hydrogens (tertiary/aromatic N) is 1. The second kappa shape index (κ2) is 9.96. The fraction of sp³-hybridized carbons (Fsp3) is 0.391. The zero-order valence-electron chi connectivity index (χ0n) is 17.1. The molecule has 6 heteroatoms. The van der Waals surface area contributed by atoms with Crippen LogP contribution < -0.4 is 15.4 Å². The number of amides is 2. The molecule has 0 unspecified atom stereocenters. The molecule has 154 valence electrons. The summed E-state index contributed by atoms with van der Waals surface area (Å²) in [6.45, 7) is 6.47. The van der Waals surface area contributed by atoms with E-state index in [0.717, 1.165) is 31.6 Å². The van der Waals surface area contributed by atoms with Gasteiger partial charge in [-0.1, -0.05) is 32.0 Å². The number of ether oxygens (including phenoxy) is 1. The molecule has 2 aromatic carbocycles. The zero-order chi connectivity index (χ0) is 20.6. The molecule has 1 heterocycles. The van der Waals surface area contributed by atoms with Crippen molar-refractivity contribution in [1.29, 1.82) is 0 Å². The standard InChI is InChI=1S/C23H29N3O3/c1-17(2)16-29-21-11-4-3-10-20(21)25-22(27)15-24-19-9-7-8-18(14-19)23(28)26-12-5-6-13-26/h3-4,7-11,14,17,24H,5-6,12-13,15-16H2,1-2H3,(H,25,27). The highest BCUT2D eigenvalue weighted by Gasteiger charge is 2.19. The van der Waals surface area contributed by atoms with Gasteiger partial charge in [-0.05, 0) is 49.1 Å². The van der Waals surface area contributed by atoms with Crippen molar-refractivity contribution in [3.05, 3.63) is 54.1 Å². The van der Waals surface area contributed by atoms with Crippen molar-refractivity contribution < 1.29 is 14.3 Å². The van der Waals surface area contributed by atoms with Crippen LogP contribution in [0, 0.1) is 5.92 Å². The zero-order valence-corrected chi connectivity index (χ0v) is 17.1. The van der Waals surface area contributed by atoms with Crippen LogP contribution in [0.5, 0.6) is 5.75 Å². The number of nitrogens with one attached hydrogen (secondary N) is 2. The lowest BCUT2D eigenvalue weighted by Crippen LogP contribution is -2.27. The molecule has 1 aliphatic rings. The summed E-state index contributed by atoms with van der Waals surface area (Å²) in [4.78, 5) is 26.8. The molecule has 0 atom stereocenters. The van der Waals surface area contributed by atoms with E-state index in [0.29, 0.717) is 29.5 Å². The van der Waals surface area contributed by atoms with E-state index in [2.05, 4.69) is 24.5 Å². The quantitative estimate of drug-likeness (QED) is 0.709. The van der Waals surface area contributed by atoms with Gasteiger partial charge in [0.15, 0.2) is 0 Å². The smallest absolute Gasteiger partial charge is 0.253 e. The van der Waals surface area contributed by atoms with Gasteiger partial charge in [0.1, 0.15) is 5.75 Å². The number of hydrogen-bond acceptors (Lipinski definition) is 4. The summed E-state index contributed by atoms with van der Waals surface area (Å²) in [7, 11) is 0. The van der Waals surface area contributed by atoms with Crippen LogP contribution in [0.2, 0.25) is 0 Å². The molecule has 0 aliphatic carbocycles. The van der Waals surface area contributed by atoms with Gasteiger partial charge in [-0.2, -0.15) is 0 Å². The van der Waals surface area contributed by atoms with Gasteiger partial charge in [-0.15, -0.1) is 0 Å². The Labute approximate surface area is 172 Å². The fourth-order valence-corrected chi connectivity index (χ4v) is 3.19. The number of carbonyl (C=O) groups is 2. The van der Waals surface area contributed by atoms with E-state index < -0.39 is 0 Å². The second-order valence-electron chi connectivity index (χ2n) is 7.68. The second-order valence-corrected chi connectivity index (χ2v) is 7.68. The first kappa shape index (κ1) is 20.7. The minimum atomic E-state index is -0.179. The maximum absolute atomic E-state index is 12.5. The Morgan fingerprint density at radius 3 is 2.59 bits per heavy atom. The number of rotatable bonds is 8. The summed E-state index contributed by atoms with van der Waals surface area (Å²) in [5.74, 6) is 0.928. The Balaban J connectivity index is 1.56.